The molecule has 0 spiro atoms. The zero-order valence-electron chi connectivity index (χ0n) is 13.7. The molecular formula is C19H17ClN2O3. The zero-order chi connectivity index (χ0) is 18.2. The molecular weight excluding hydrogens is 340 g/mol. The number of hydrogen-bond donors (Lipinski definition) is 1. The van der Waals surface area contributed by atoms with Crippen LogP contribution in [0, 0.1) is 11.3 Å². The fourth-order valence-corrected chi connectivity index (χ4v) is 2.56. The quantitative estimate of drug-likeness (QED) is 0.804. The van der Waals surface area contributed by atoms with Gasteiger partial charge in [-0.15, -0.1) is 0 Å². The lowest BCUT2D eigenvalue weighted by molar-refractivity contribution is -0.143. The van der Waals surface area contributed by atoms with Gasteiger partial charge in [-0.2, -0.15) is 5.26 Å². The van der Waals surface area contributed by atoms with Crippen molar-refractivity contribution < 1.29 is 14.3 Å². The van der Waals surface area contributed by atoms with E-state index in [9.17, 15) is 9.59 Å². The Hall–Kier alpha value is -2.84. The Bertz CT molecular complexity index is 797. The van der Waals surface area contributed by atoms with Crippen LogP contribution in [0.15, 0.2) is 48.5 Å². The predicted molar refractivity (Wildman–Crippen MR) is 94.1 cm³/mol. The number of amides is 1. The van der Waals surface area contributed by atoms with E-state index in [0.29, 0.717) is 29.0 Å². The van der Waals surface area contributed by atoms with Gasteiger partial charge in [0.1, 0.15) is 0 Å². The normalized spacial score (nSPS) is 11.2. The maximum Gasteiger partial charge on any atom is 0.333 e. The second-order valence-electron chi connectivity index (χ2n) is 5.29. The lowest BCUT2D eigenvalue weighted by Crippen LogP contribution is -2.35. The van der Waals surface area contributed by atoms with Gasteiger partial charge in [0.05, 0.1) is 13.2 Å². The van der Waals surface area contributed by atoms with Crippen LogP contribution in [-0.4, -0.2) is 19.0 Å². The number of carbonyl (C=O) groups is 2. The molecule has 0 bridgehead atoms. The SMILES string of the molecule is COC(=O)C(NC(=O)c1ccc(Cl)cc1)c1ccccc1CCC#N. The van der Waals surface area contributed by atoms with Crippen LogP contribution in [0.2, 0.25) is 5.02 Å². The molecule has 0 saturated carbocycles. The highest BCUT2D eigenvalue weighted by atomic mass is 35.5. The molecule has 2 rings (SSSR count). The van der Waals surface area contributed by atoms with Crippen LogP contribution in [0.4, 0.5) is 0 Å². The van der Waals surface area contributed by atoms with Gasteiger partial charge in [0.15, 0.2) is 6.04 Å². The number of methoxy groups -OCH3 is 1. The number of nitriles is 1. The highest BCUT2D eigenvalue weighted by molar-refractivity contribution is 6.30. The zero-order valence-corrected chi connectivity index (χ0v) is 14.4. The summed E-state index contributed by atoms with van der Waals surface area (Å²) in [5.41, 5.74) is 1.82. The van der Waals surface area contributed by atoms with E-state index in [4.69, 9.17) is 21.6 Å². The largest absolute Gasteiger partial charge is 0.467 e. The van der Waals surface area contributed by atoms with Crippen LogP contribution in [0.3, 0.4) is 0 Å². The molecule has 1 unspecified atom stereocenters. The van der Waals surface area contributed by atoms with Crippen molar-refractivity contribution in [2.24, 2.45) is 0 Å². The van der Waals surface area contributed by atoms with E-state index >= 15 is 0 Å². The van der Waals surface area contributed by atoms with E-state index in [0.717, 1.165) is 5.56 Å². The van der Waals surface area contributed by atoms with E-state index in [-0.39, 0.29) is 0 Å². The van der Waals surface area contributed by atoms with Gasteiger partial charge in [0, 0.05) is 17.0 Å². The van der Waals surface area contributed by atoms with Gasteiger partial charge in [-0.25, -0.2) is 4.79 Å². The van der Waals surface area contributed by atoms with Crippen molar-refractivity contribution in [3.05, 3.63) is 70.2 Å². The Morgan fingerprint density at radius 3 is 2.52 bits per heavy atom. The lowest BCUT2D eigenvalue weighted by atomic mass is 9.97. The molecule has 2 aromatic rings. The first-order valence-corrected chi connectivity index (χ1v) is 8.03. The van der Waals surface area contributed by atoms with Gasteiger partial charge in [0.2, 0.25) is 0 Å². The number of nitrogens with one attached hydrogen (secondary N) is 1. The van der Waals surface area contributed by atoms with Crippen LogP contribution in [0.5, 0.6) is 0 Å². The Morgan fingerprint density at radius 1 is 1.20 bits per heavy atom. The number of halogens is 1. The molecule has 5 nitrogen and oxygen atoms in total. The van der Waals surface area contributed by atoms with E-state index < -0.39 is 17.9 Å². The van der Waals surface area contributed by atoms with Crippen molar-refractivity contribution in [3.8, 4) is 6.07 Å². The minimum absolute atomic E-state index is 0.316. The average Bonchev–Trinajstić information content (AvgIpc) is 2.64. The number of rotatable bonds is 6. The monoisotopic (exact) mass is 356 g/mol. The van der Waals surface area contributed by atoms with Crippen LogP contribution >= 0.6 is 11.6 Å². The summed E-state index contributed by atoms with van der Waals surface area (Å²) >= 11 is 5.83. The van der Waals surface area contributed by atoms with Crippen LogP contribution in [0.1, 0.15) is 33.9 Å². The van der Waals surface area contributed by atoms with Crippen LogP contribution < -0.4 is 5.32 Å². The summed E-state index contributed by atoms with van der Waals surface area (Å²) in [6.45, 7) is 0. The van der Waals surface area contributed by atoms with Crippen molar-refractivity contribution in [1.29, 1.82) is 5.26 Å². The number of benzene rings is 2. The van der Waals surface area contributed by atoms with E-state index in [2.05, 4.69) is 11.4 Å². The fourth-order valence-electron chi connectivity index (χ4n) is 2.43. The number of ether oxygens (including phenoxy) is 1. The summed E-state index contributed by atoms with van der Waals surface area (Å²) in [7, 11) is 1.27. The molecule has 0 radical (unpaired) electrons. The molecule has 0 aliphatic rings. The number of carbonyl (C=O) groups excluding carboxylic acids is 2. The first kappa shape index (κ1) is 18.5. The van der Waals surface area contributed by atoms with Gasteiger partial charge in [-0.3, -0.25) is 4.79 Å². The average molecular weight is 357 g/mol. The van der Waals surface area contributed by atoms with Crippen molar-refractivity contribution in [2.75, 3.05) is 7.11 Å². The summed E-state index contributed by atoms with van der Waals surface area (Å²) in [6.07, 6.45) is 0.799. The predicted octanol–water partition coefficient (Wildman–Crippen LogP) is 3.44. The summed E-state index contributed by atoms with van der Waals surface area (Å²) < 4.78 is 4.84. The van der Waals surface area contributed by atoms with Gasteiger partial charge < -0.3 is 10.1 Å². The topological polar surface area (TPSA) is 79.2 Å². The molecule has 0 aliphatic heterocycles. The van der Waals surface area contributed by atoms with Crippen LogP contribution in [-0.2, 0) is 16.0 Å². The second kappa shape index (κ2) is 8.86. The van der Waals surface area contributed by atoms with Crippen LogP contribution in [0.25, 0.3) is 0 Å². The summed E-state index contributed by atoms with van der Waals surface area (Å²) in [5.74, 6) is -0.992. The third kappa shape index (κ3) is 4.82. The summed E-state index contributed by atoms with van der Waals surface area (Å²) in [5, 5.41) is 12.0. The molecule has 128 valence electrons. The lowest BCUT2D eigenvalue weighted by Gasteiger charge is -2.19. The first-order chi connectivity index (χ1) is 12.1. The first-order valence-electron chi connectivity index (χ1n) is 7.66. The molecule has 1 amide bonds. The van der Waals surface area contributed by atoms with Crippen molar-refractivity contribution in [1.82, 2.24) is 5.32 Å². The highest BCUT2D eigenvalue weighted by Crippen LogP contribution is 2.22. The van der Waals surface area contributed by atoms with Gasteiger partial charge >= 0.3 is 5.97 Å². The van der Waals surface area contributed by atoms with Gasteiger partial charge in [-0.1, -0.05) is 35.9 Å². The van der Waals surface area contributed by atoms with Crippen molar-refractivity contribution >= 4 is 23.5 Å². The Labute approximate surface area is 151 Å². The molecule has 0 fully saturated rings. The maximum absolute atomic E-state index is 12.5. The number of aryl methyl sites for hydroxylation is 1. The molecule has 1 atom stereocenters. The molecule has 0 heterocycles. The molecule has 0 aromatic heterocycles. The van der Waals surface area contributed by atoms with Gasteiger partial charge in [-0.05, 0) is 41.8 Å². The summed E-state index contributed by atoms with van der Waals surface area (Å²) in [4.78, 5) is 24.7. The maximum atomic E-state index is 12.5. The second-order valence-corrected chi connectivity index (χ2v) is 5.73. The minimum atomic E-state index is -0.955. The van der Waals surface area contributed by atoms with Crippen molar-refractivity contribution in [3.63, 3.8) is 0 Å². The molecule has 0 saturated heterocycles. The standard InChI is InChI=1S/C19H17ClN2O3/c1-25-19(24)17(16-7-3-2-5-13(16)6-4-12-21)22-18(23)14-8-10-15(20)11-9-14/h2-3,5,7-11,17H,4,6H2,1H3,(H,22,23). The molecule has 1 N–H and O–H groups in total. The number of nitrogens with zero attached hydrogens (tertiary/aromatic N) is 1. The third-order valence-corrected chi connectivity index (χ3v) is 3.94. The Balaban J connectivity index is 2.31. The molecule has 2 aromatic carbocycles. The number of hydrogen-bond acceptors (Lipinski definition) is 4. The third-order valence-electron chi connectivity index (χ3n) is 3.69. The Morgan fingerprint density at radius 2 is 1.88 bits per heavy atom. The van der Waals surface area contributed by atoms with E-state index in [1.54, 1.807) is 36.4 Å². The molecule has 25 heavy (non-hydrogen) atoms. The molecule has 0 aliphatic carbocycles. The fraction of sp³-hybridized carbons (Fsp3) is 0.211. The number of esters is 1. The highest BCUT2D eigenvalue weighted by Gasteiger charge is 2.26. The Kier molecular flexibility index (Phi) is 6.55. The summed E-state index contributed by atoms with van der Waals surface area (Å²) in [6, 6.07) is 14.7. The van der Waals surface area contributed by atoms with E-state index in [1.165, 1.54) is 7.11 Å². The minimum Gasteiger partial charge on any atom is -0.467 e. The smallest absolute Gasteiger partial charge is 0.333 e. The van der Waals surface area contributed by atoms with Gasteiger partial charge in [0.25, 0.3) is 5.91 Å². The van der Waals surface area contributed by atoms with Crippen molar-refractivity contribution in [2.45, 2.75) is 18.9 Å². The van der Waals surface area contributed by atoms with E-state index in [1.807, 2.05) is 12.1 Å². The molecule has 6 heteroatoms.